The number of benzene rings is 2. The van der Waals surface area contributed by atoms with Crippen LogP contribution in [0.3, 0.4) is 0 Å². The summed E-state index contributed by atoms with van der Waals surface area (Å²) in [5, 5.41) is 8.91. The van der Waals surface area contributed by atoms with Crippen molar-refractivity contribution < 1.29 is 19.4 Å². The Balaban J connectivity index is 1.82. The minimum absolute atomic E-state index is 0.104. The highest BCUT2D eigenvalue weighted by atomic mass is 35.5. The Labute approximate surface area is 198 Å². The molecule has 1 N–H and O–H groups in total. The summed E-state index contributed by atoms with van der Waals surface area (Å²) in [6, 6.07) is 20.2. The van der Waals surface area contributed by atoms with Crippen molar-refractivity contribution in [3.8, 4) is 5.75 Å². The van der Waals surface area contributed by atoms with E-state index >= 15 is 0 Å². The van der Waals surface area contributed by atoms with E-state index in [4.69, 9.17) is 21.4 Å². The van der Waals surface area contributed by atoms with Crippen molar-refractivity contribution in [1.29, 1.82) is 0 Å². The van der Waals surface area contributed by atoms with E-state index in [2.05, 4.69) is 4.98 Å². The van der Waals surface area contributed by atoms with Crippen LogP contribution in [-0.2, 0) is 9.59 Å². The van der Waals surface area contributed by atoms with Gasteiger partial charge in [0.05, 0.1) is 0 Å². The molecular weight excluding hydrogens is 440 g/mol. The molecule has 1 amide bonds. The zero-order valence-corrected chi connectivity index (χ0v) is 19.0. The van der Waals surface area contributed by atoms with Gasteiger partial charge in [-0.15, -0.1) is 0 Å². The molecule has 2 aromatic carbocycles. The molecule has 0 aliphatic heterocycles. The monoisotopic (exact) mass is 464 g/mol. The van der Waals surface area contributed by atoms with E-state index in [1.54, 1.807) is 43.7 Å². The van der Waals surface area contributed by atoms with Crippen molar-refractivity contribution in [1.82, 2.24) is 4.98 Å². The first-order valence-electron chi connectivity index (χ1n) is 10.5. The van der Waals surface area contributed by atoms with Gasteiger partial charge in [-0.3, -0.25) is 14.6 Å². The molecule has 0 saturated heterocycles. The van der Waals surface area contributed by atoms with E-state index in [0.717, 1.165) is 16.7 Å². The molecule has 0 spiro atoms. The lowest BCUT2D eigenvalue weighted by Gasteiger charge is -2.22. The number of carbonyl (C=O) groups is 2. The molecule has 1 atom stereocenters. The third kappa shape index (κ3) is 6.92. The Bertz CT molecular complexity index is 1100. The first kappa shape index (κ1) is 24.0. The van der Waals surface area contributed by atoms with Gasteiger partial charge in [-0.05, 0) is 54.3 Å². The van der Waals surface area contributed by atoms with E-state index in [1.165, 1.54) is 4.90 Å². The van der Waals surface area contributed by atoms with Crippen LogP contribution in [0.15, 0.2) is 85.2 Å². The van der Waals surface area contributed by atoms with Gasteiger partial charge in [-0.25, -0.2) is 0 Å². The maximum Gasteiger partial charge on any atom is 0.303 e. The molecule has 170 valence electrons. The number of likely N-dealkylation sites (N-methyl/N-ethyl adjacent to an activating group) is 1. The number of alkyl halides is 1. The van der Waals surface area contributed by atoms with Gasteiger partial charge in [0.1, 0.15) is 5.75 Å². The third-order valence-corrected chi connectivity index (χ3v) is 5.24. The summed E-state index contributed by atoms with van der Waals surface area (Å²) >= 11 is 6.24. The lowest BCUT2D eigenvalue weighted by atomic mass is 9.97. The van der Waals surface area contributed by atoms with E-state index < -0.39 is 17.4 Å². The first-order chi connectivity index (χ1) is 16.0. The van der Waals surface area contributed by atoms with Gasteiger partial charge >= 0.3 is 5.97 Å². The van der Waals surface area contributed by atoms with Crippen LogP contribution in [0.1, 0.15) is 30.4 Å². The minimum atomic E-state index is -1.18. The summed E-state index contributed by atoms with van der Waals surface area (Å²) < 4.78 is 5.56. The number of unbranched alkanes of at least 4 members (excludes halogenated alkanes) is 1. The van der Waals surface area contributed by atoms with Gasteiger partial charge in [0.15, 0.2) is 0 Å². The Kier molecular flexibility index (Phi) is 8.61. The van der Waals surface area contributed by atoms with E-state index in [1.807, 2.05) is 48.5 Å². The number of amides is 1. The van der Waals surface area contributed by atoms with E-state index in [-0.39, 0.29) is 6.42 Å². The number of allylic oxidation sites excluding steroid dienone is 1. The van der Waals surface area contributed by atoms with Crippen molar-refractivity contribution in [3.05, 3.63) is 96.3 Å². The molecule has 0 bridgehead atoms. The second-order valence-electron chi connectivity index (χ2n) is 7.34. The summed E-state index contributed by atoms with van der Waals surface area (Å²) in [6.45, 7) is 0. The van der Waals surface area contributed by atoms with Gasteiger partial charge < -0.3 is 14.7 Å². The van der Waals surface area contributed by atoms with Gasteiger partial charge in [0, 0.05) is 37.1 Å². The quantitative estimate of drug-likeness (QED) is 0.322. The zero-order valence-electron chi connectivity index (χ0n) is 18.2. The minimum Gasteiger partial charge on any atom is -0.481 e. The number of para-hydroxylation sites is 1. The van der Waals surface area contributed by atoms with E-state index in [0.29, 0.717) is 24.3 Å². The largest absolute Gasteiger partial charge is 0.481 e. The zero-order chi connectivity index (χ0) is 23.6. The standard InChI is InChI=1S/C26H25ClN2O4/c1-29(26(32)25(27)33-22-12-3-2-4-13-22)21-11-7-9-19(17-21)23(14-5-6-15-24(30)31)20-10-8-16-28-18-20/h2-4,7-14,16-18,25H,5-6,15H2,1H3,(H,30,31). The van der Waals surface area contributed by atoms with Crippen molar-refractivity contribution in [3.63, 3.8) is 0 Å². The summed E-state index contributed by atoms with van der Waals surface area (Å²) in [5.74, 6) is -0.705. The number of anilines is 1. The Morgan fingerprint density at radius 2 is 1.85 bits per heavy atom. The molecule has 1 heterocycles. The maximum atomic E-state index is 12.9. The first-order valence-corrected chi connectivity index (χ1v) is 11.0. The number of carboxylic acid groups (broad SMARTS) is 1. The highest BCUT2D eigenvalue weighted by Crippen LogP contribution is 2.28. The highest BCUT2D eigenvalue weighted by Gasteiger charge is 2.23. The van der Waals surface area contributed by atoms with Crippen LogP contribution in [0.5, 0.6) is 5.75 Å². The van der Waals surface area contributed by atoms with Crippen LogP contribution in [0.4, 0.5) is 5.69 Å². The number of carbonyl (C=O) groups excluding carboxylic acids is 1. The number of nitrogens with zero attached hydrogens (tertiary/aromatic N) is 2. The predicted molar refractivity (Wildman–Crippen MR) is 129 cm³/mol. The number of hydrogen-bond donors (Lipinski definition) is 1. The smallest absolute Gasteiger partial charge is 0.303 e. The molecule has 6 nitrogen and oxygen atoms in total. The molecule has 3 aromatic rings. The normalized spacial score (nSPS) is 12.1. The molecule has 0 aliphatic rings. The number of aliphatic carboxylic acids is 1. The number of carboxylic acids is 1. The highest BCUT2D eigenvalue weighted by molar-refractivity contribution is 6.31. The van der Waals surface area contributed by atoms with Crippen LogP contribution < -0.4 is 9.64 Å². The molecule has 1 aromatic heterocycles. The second kappa shape index (κ2) is 11.8. The fourth-order valence-corrected chi connectivity index (χ4v) is 3.50. The number of hydrogen-bond acceptors (Lipinski definition) is 4. The lowest BCUT2D eigenvalue weighted by molar-refractivity contribution is -0.137. The third-order valence-electron chi connectivity index (χ3n) is 4.97. The van der Waals surface area contributed by atoms with Crippen molar-refractivity contribution in [2.75, 3.05) is 11.9 Å². The van der Waals surface area contributed by atoms with Crippen LogP contribution in [0.2, 0.25) is 0 Å². The fourth-order valence-electron chi connectivity index (χ4n) is 3.25. The van der Waals surface area contributed by atoms with Crippen molar-refractivity contribution in [2.24, 2.45) is 0 Å². The number of ether oxygens (including phenoxy) is 1. The summed E-state index contributed by atoms with van der Waals surface area (Å²) in [4.78, 5) is 29.4. The number of rotatable bonds is 10. The molecule has 33 heavy (non-hydrogen) atoms. The van der Waals surface area contributed by atoms with E-state index in [9.17, 15) is 9.59 Å². The molecule has 0 fully saturated rings. The summed E-state index contributed by atoms with van der Waals surface area (Å²) in [6.07, 6.45) is 6.69. The molecule has 7 heteroatoms. The van der Waals surface area contributed by atoms with Crippen molar-refractivity contribution >= 4 is 34.7 Å². The fraction of sp³-hybridized carbons (Fsp3) is 0.192. The molecule has 1 unspecified atom stereocenters. The average Bonchev–Trinajstić information content (AvgIpc) is 2.84. The molecular formula is C26H25ClN2O4. The van der Waals surface area contributed by atoms with Crippen LogP contribution in [0, 0.1) is 0 Å². The molecule has 3 rings (SSSR count). The van der Waals surface area contributed by atoms with Gasteiger partial charge in [0.25, 0.3) is 11.5 Å². The molecule has 0 saturated carbocycles. The second-order valence-corrected chi connectivity index (χ2v) is 7.74. The topological polar surface area (TPSA) is 79.7 Å². The molecule has 0 radical (unpaired) electrons. The predicted octanol–water partition coefficient (Wildman–Crippen LogP) is 5.37. The van der Waals surface area contributed by atoms with Crippen LogP contribution in [-0.4, -0.2) is 34.6 Å². The lowest BCUT2D eigenvalue weighted by Crippen LogP contribution is -2.36. The Morgan fingerprint density at radius 1 is 1.09 bits per heavy atom. The maximum absolute atomic E-state index is 12.9. The van der Waals surface area contributed by atoms with Gasteiger partial charge in [-0.1, -0.05) is 54.1 Å². The van der Waals surface area contributed by atoms with Gasteiger partial charge in [0.2, 0.25) is 0 Å². The average molecular weight is 465 g/mol. The SMILES string of the molecule is CN(C(=O)C(Cl)Oc1ccccc1)c1cccc(C(=CCCCC(=O)O)c2cccnc2)c1. The summed E-state index contributed by atoms with van der Waals surface area (Å²) in [7, 11) is 1.64. The van der Waals surface area contributed by atoms with Crippen LogP contribution in [0.25, 0.3) is 5.57 Å². The number of aromatic nitrogens is 1. The van der Waals surface area contributed by atoms with Gasteiger partial charge in [-0.2, -0.15) is 0 Å². The van der Waals surface area contributed by atoms with Crippen LogP contribution >= 0.6 is 11.6 Å². The number of halogens is 1. The Morgan fingerprint density at radius 3 is 2.55 bits per heavy atom. The molecule has 0 aliphatic carbocycles. The number of pyridine rings is 1. The summed E-state index contributed by atoms with van der Waals surface area (Å²) in [5.41, 5.74) is 2.18. The Hall–Kier alpha value is -3.64. The van der Waals surface area contributed by atoms with Crippen molar-refractivity contribution in [2.45, 2.75) is 24.8 Å².